The minimum absolute atomic E-state index is 0.0439. The van der Waals surface area contributed by atoms with E-state index < -0.39 is 0 Å². The van der Waals surface area contributed by atoms with Crippen LogP contribution in [0.15, 0.2) is 72.8 Å². The molecular weight excluding hydrogens is 564 g/mol. The zero-order valence-electron chi connectivity index (χ0n) is 26.5. The number of ether oxygens (including phenoxy) is 1. The Bertz CT molecular complexity index is 1660. The standard InChI is InChI=1S/C36H42N6O3/c1-24-5-12-30(13-6-24)42-33(23-32(40-42)36(2,3)4)39-34(43)37-28-9-7-25(8-10-28)21-26-15-18-41(19-16-26)35(44)38-29-11-14-31-27(22-29)17-20-45-31/h5-14,22-23,26H,15-21H2,1-4H3,(H,38,44)(H2,37,39,43). The summed E-state index contributed by atoms with van der Waals surface area (Å²) in [6.07, 6.45) is 3.74. The molecule has 4 amide bonds. The van der Waals surface area contributed by atoms with Crippen molar-refractivity contribution >= 4 is 29.3 Å². The number of piperidine rings is 1. The van der Waals surface area contributed by atoms with Crippen LogP contribution in [0, 0.1) is 12.8 Å². The molecule has 3 heterocycles. The maximum Gasteiger partial charge on any atom is 0.324 e. The molecule has 0 spiro atoms. The molecule has 1 fully saturated rings. The van der Waals surface area contributed by atoms with Crippen LogP contribution in [0.1, 0.15) is 56.0 Å². The third-order valence-electron chi connectivity index (χ3n) is 8.58. The summed E-state index contributed by atoms with van der Waals surface area (Å²) >= 11 is 0. The van der Waals surface area contributed by atoms with Crippen LogP contribution < -0.4 is 20.7 Å². The largest absolute Gasteiger partial charge is 0.493 e. The first-order valence-corrected chi connectivity index (χ1v) is 15.8. The molecule has 6 rings (SSSR count). The van der Waals surface area contributed by atoms with E-state index in [1.165, 1.54) is 5.56 Å². The molecule has 9 heteroatoms. The molecule has 1 aromatic heterocycles. The number of benzene rings is 3. The molecule has 9 nitrogen and oxygen atoms in total. The Morgan fingerprint density at radius 2 is 1.60 bits per heavy atom. The van der Waals surface area contributed by atoms with Crippen LogP contribution in [0.4, 0.5) is 26.8 Å². The zero-order chi connectivity index (χ0) is 31.6. The zero-order valence-corrected chi connectivity index (χ0v) is 26.5. The second kappa shape index (κ2) is 12.7. The second-order valence-corrected chi connectivity index (χ2v) is 13.2. The SMILES string of the molecule is Cc1ccc(-n2nc(C(C)(C)C)cc2NC(=O)Nc2ccc(CC3CCN(C(=O)Nc4ccc5c(c4)CCO5)CC3)cc2)cc1. The molecule has 234 valence electrons. The van der Waals surface area contributed by atoms with Gasteiger partial charge in [-0.05, 0) is 85.7 Å². The van der Waals surface area contributed by atoms with Crippen LogP contribution >= 0.6 is 0 Å². The van der Waals surface area contributed by atoms with Gasteiger partial charge in [-0.15, -0.1) is 0 Å². The van der Waals surface area contributed by atoms with E-state index in [4.69, 9.17) is 9.84 Å². The third-order valence-corrected chi connectivity index (χ3v) is 8.58. The first-order valence-electron chi connectivity index (χ1n) is 15.8. The van der Waals surface area contributed by atoms with Crippen LogP contribution in [-0.2, 0) is 18.3 Å². The molecule has 1 saturated heterocycles. The van der Waals surface area contributed by atoms with Gasteiger partial charge in [0.1, 0.15) is 11.6 Å². The third kappa shape index (κ3) is 7.30. The van der Waals surface area contributed by atoms with Gasteiger partial charge in [0.05, 0.1) is 18.0 Å². The normalized spacial score (nSPS) is 14.9. The number of aryl methyl sites for hydroxylation is 1. The van der Waals surface area contributed by atoms with Crippen LogP contribution in [0.2, 0.25) is 0 Å². The molecule has 0 saturated carbocycles. The van der Waals surface area contributed by atoms with Crippen LogP contribution in [0.25, 0.3) is 5.69 Å². The lowest BCUT2D eigenvalue weighted by molar-refractivity contribution is 0.182. The smallest absolute Gasteiger partial charge is 0.324 e. The number of amides is 4. The Hall–Kier alpha value is -4.79. The van der Waals surface area contributed by atoms with E-state index in [1.54, 1.807) is 4.68 Å². The van der Waals surface area contributed by atoms with Gasteiger partial charge in [0.15, 0.2) is 0 Å². The molecule has 0 atom stereocenters. The van der Waals surface area contributed by atoms with Crippen molar-refractivity contribution in [2.45, 2.75) is 58.8 Å². The summed E-state index contributed by atoms with van der Waals surface area (Å²) in [6, 6.07) is 23.5. The van der Waals surface area contributed by atoms with Gasteiger partial charge in [-0.25, -0.2) is 14.3 Å². The summed E-state index contributed by atoms with van der Waals surface area (Å²) in [5.74, 6) is 2.03. The quantitative estimate of drug-likeness (QED) is 0.211. The summed E-state index contributed by atoms with van der Waals surface area (Å²) < 4.78 is 7.34. The van der Waals surface area contributed by atoms with Crippen molar-refractivity contribution in [1.29, 1.82) is 0 Å². The first-order chi connectivity index (χ1) is 21.6. The number of hydrogen-bond donors (Lipinski definition) is 3. The van der Waals surface area contributed by atoms with E-state index in [2.05, 4.69) is 48.9 Å². The lowest BCUT2D eigenvalue weighted by atomic mass is 9.90. The van der Waals surface area contributed by atoms with Crippen LogP contribution in [0.5, 0.6) is 5.75 Å². The molecule has 0 aliphatic carbocycles. The highest BCUT2D eigenvalue weighted by atomic mass is 16.5. The molecule has 0 radical (unpaired) electrons. The van der Waals surface area contributed by atoms with Crippen molar-refractivity contribution in [3.63, 3.8) is 0 Å². The number of nitrogens with one attached hydrogen (secondary N) is 3. The topological polar surface area (TPSA) is 101 Å². The maximum atomic E-state index is 13.0. The van der Waals surface area contributed by atoms with E-state index >= 15 is 0 Å². The lowest BCUT2D eigenvalue weighted by Gasteiger charge is -2.32. The minimum atomic E-state index is -0.324. The van der Waals surface area contributed by atoms with Crippen LogP contribution in [-0.4, -0.2) is 46.4 Å². The van der Waals surface area contributed by atoms with Crippen molar-refractivity contribution in [1.82, 2.24) is 14.7 Å². The van der Waals surface area contributed by atoms with Crippen LogP contribution in [0.3, 0.4) is 0 Å². The van der Waals surface area contributed by atoms with E-state index in [0.717, 1.165) is 78.4 Å². The molecule has 4 aromatic rings. The summed E-state index contributed by atoms with van der Waals surface area (Å²) in [5.41, 5.74) is 6.68. The number of aromatic nitrogens is 2. The Morgan fingerprint density at radius 3 is 2.31 bits per heavy atom. The molecule has 3 N–H and O–H groups in total. The molecule has 3 aromatic carbocycles. The predicted octanol–water partition coefficient (Wildman–Crippen LogP) is 7.54. The van der Waals surface area contributed by atoms with Gasteiger partial charge < -0.3 is 20.3 Å². The average molecular weight is 607 g/mol. The van der Waals surface area contributed by atoms with E-state index in [0.29, 0.717) is 18.3 Å². The van der Waals surface area contributed by atoms with Crippen molar-refractivity contribution < 1.29 is 14.3 Å². The molecule has 2 aliphatic heterocycles. The number of urea groups is 2. The van der Waals surface area contributed by atoms with Gasteiger partial charge >= 0.3 is 12.1 Å². The molecule has 0 unspecified atom stereocenters. The fourth-order valence-electron chi connectivity index (χ4n) is 5.86. The van der Waals surface area contributed by atoms with Gasteiger partial charge in [0.25, 0.3) is 0 Å². The Morgan fingerprint density at radius 1 is 0.889 bits per heavy atom. The first kappa shape index (κ1) is 30.2. The van der Waals surface area contributed by atoms with Gasteiger partial charge in [-0.3, -0.25) is 5.32 Å². The lowest BCUT2D eigenvalue weighted by Crippen LogP contribution is -2.41. The number of rotatable bonds is 6. The van der Waals surface area contributed by atoms with E-state index in [-0.39, 0.29) is 17.5 Å². The minimum Gasteiger partial charge on any atom is -0.493 e. The second-order valence-electron chi connectivity index (χ2n) is 13.2. The number of fused-ring (bicyclic) bond motifs is 1. The molecular formula is C36H42N6O3. The fraction of sp³-hybridized carbons (Fsp3) is 0.361. The summed E-state index contributed by atoms with van der Waals surface area (Å²) in [6.45, 7) is 10.5. The highest BCUT2D eigenvalue weighted by Crippen LogP contribution is 2.29. The van der Waals surface area contributed by atoms with E-state index in [9.17, 15) is 9.59 Å². The number of likely N-dealkylation sites (tertiary alicyclic amines) is 1. The Balaban J connectivity index is 1.00. The Kier molecular flexibility index (Phi) is 8.52. The number of anilines is 3. The molecule has 2 aliphatic rings. The van der Waals surface area contributed by atoms with Crippen molar-refractivity contribution in [2.24, 2.45) is 5.92 Å². The fourth-order valence-corrected chi connectivity index (χ4v) is 5.86. The van der Waals surface area contributed by atoms with Gasteiger partial charge in [0, 0.05) is 42.4 Å². The van der Waals surface area contributed by atoms with Crippen molar-refractivity contribution in [3.8, 4) is 11.4 Å². The van der Waals surface area contributed by atoms with E-state index in [1.807, 2.05) is 72.5 Å². The number of carbonyl (C=O) groups excluding carboxylic acids is 2. The number of nitrogens with zero attached hydrogens (tertiary/aromatic N) is 3. The predicted molar refractivity (Wildman–Crippen MR) is 179 cm³/mol. The molecule has 45 heavy (non-hydrogen) atoms. The summed E-state index contributed by atoms with van der Waals surface area (Å²) in [5, 5.41) is 13.8. The van der Waals surface area contributed by atoms with Gasteiger partial charge in [0.2, 0.25) is 0 Å². The van der Waals surface area contributed by atoms with Crippen molar-refractivity contribution in [3.05, 3.63) is 95.2 Å². The highest BCUT2D eigenvalue weighted by Gasteiger charge is 2.24. The highest BCUT2D eigenvalue weighted by molar-refractivity contribution is 5.99. The average Bonchev–Trinajstić information content (AvgIpc) is 3.66. The summed E-state index contributed by atoms with van der Waals surface area (Å²) in [7, 11) is 0. The molecule has 0 bridgehead atoms. The van der Waals surface area contributed by atoms with Gasteiger partial charge in [-0.1, -0.05) is 50.6 Å². The maximum absolute atomic E-state index is 13.0. The summed E-state index contributed by atoms with van der Waals surface area (Å²) in [4.78, 5) is 27.8. The Labute approximate surface area is 265 Å². The monoisotopic (exact) mass is 606 g/mol. The number of carbonyl (C=O) groups is 2. The van der Waals surface area contributed by atoms with Crippen molar-refractivity contribution in [2.75, 3.05) is 35.6 Å². The number of hydrogen-bond acceptors (Lipinski definition) is 4. The van der Waals surface area contributed by atoms with Gasteiger partial charge in [-0.2, -0.15) is 5.10 Å².